The first-order chi connectivity index (χ1) is 9.35. The number of carboxylic acids is 1. The largest absolute Gasteiger partial charge is 0.480 e. The lowest BCUT2D eigenvalue weighted by Crippen LogP contribution is -2.28. The van der Waals surface area contributed by atoms with Crippen LogP contribution in [0.5, 0.6) is 0 Å². The van der Waals surface area contributed by atoms with Crippen LogP contribution in [0.15, 0.2) is 24.3 Å². The van der Waals surface area contributed by atoms with E-state index in [1.807, 2.05) is 6.07 Å². The number of aliphatic carboxylic acids is 1. The number of amides is 1. The van der Waals surface area contributed by atoms with Gasteiger partial charge in [0.25, 0.3) is 0 Å². The number of nitrogens with zero attached hydrogens (tertiary/aromatic N) is 1. The minimum absolute atomic E-state index is 0.177. The zero-order valence-corrected chi connectivity index (χ0v) is 12.2. The van der Waals surface area contributed by atoms with Gasteiger partial charge in [-0.2, -0.15) is 5.26 Å². The van der Waals surface area contributed by atoms with E-state index in [2.05, 4.69) is 5.32 Å². The average Bonchev–Trinajstić information content (AvgIpc) is 2.39. The van der Waals surface area contributed by atoms with E-state index in [9.17, 15) is 9.59 Å². The van der Waals surface area contributed by atoms with E-state index < -0.39 is 10.7 Å². The number of anilines is 1. The first kappa shape index (κ1) is 16.1. The van der Waals surface area contributed by atoms with Crippen molar-refractivity contribution in [2.24, 2.45) is 0 Å². The normalized spacial score (nSPS) is 10.7. The molecule has 0 aromatic heterocycles. The molecule has 5 nitrogen and oxygen atoms in total. The maximum absolute atomic E-state index is 11.7. The SMILES string of the molecule is CC(C)(SCCC(=O)Nc1ccc(C#N)cc1)C(=O)O. The molecule has 0 saturated carbocycles. The zero-order valence-electron chi connectivity index (χ0n) is 11.3. The third-order valence-electron chi connectivity index (χ3n) is 2.60. The summed E-state index contributed by atoms with van der Waals surface area (Å²) in [5.41, 5.74) is 1.15. The molecule has 0 radical (unpaired) electrons. The van der Waals surface area contributed by atoms with E-state index in [-0.39, 0.29) is 12.3 Å². The van der Waals surface area contributed by atoms with Gasteiger partial charge in [-0.1, -0.05) is 0 Å². The summed E-state index contributed by atoms with van der Waals surface area (Å²) in [5, 5.41) is 20.3. The molecule has 1 aromatic carbocycles. The van der Waals surface area contributed by atoms with Crippen LogP contribution in [0.4, 0.5) is 5.69 Å². The molecule has 1 amide bonds. The Morgan fingerprint density at radius 1 is 1.35 bits per heavy atom. The van der Waals surface area contributed by atoms with Crippen LogP contribution in [0.25, 0.3) is 0 Å². The minimum atomic E-state index is -0.894. The topological polar surface area (TPSA) is 90.2 Å². The number of hydrogen-bond donors (Lipinski definition) is 2. The van der Waals surface area contributed by atoms with Gasteiger partial charge >= 0.3 is 5.97 Å². The number of carbonyl (C=O) groups excluding carboxylic acids is 1. The van der Waals surface area contributed by atoms with Crippen LogP contribution < -0.4 is 5.32 Å². The van der Waals surface area contributed by atoms with Crippen molar-refractivity contribution in [1.29, 1.82) is 5.26 Å². The van der Waals surface area contributed by atoms with Crippen molar-refractivity contribution >= 4 is 29.3 Å². The minimum Gasteiger partial charge on any atom is -0.480 e. The number of carbonyl (C=O) groups is 2. The molecule has 0 unspecified atom stereocenters. The molecule has 0 atom stereocenters. The standard InChI is InChI=1S/C14H16N2O3S/c1-14(2,13(18)19)20-8-7-12(17)16-11-5-3-10(9-15)4-6-11/h3-6H,7-8H2,1-2H3,(H,16,17)(H,18,19). The van der Waals surface area contributed by atoms with Gasteiger partial charge in [0.2, 0.25) is 5.91 Å². The number of benzene rings is 1. The summed E-state index contributed by atoms with van der Waals surface area (Å²) >= 11 is 1.23. The maximum Gasteiger partial charge on any atom is 0.319 e. The number of hydrogen-bond acceptors (Lipinski definition) is 4. The number of nitrogens with one attached hydrogen (secondary N) is 1. The summed E-state index contributed by atoms with van der Waals surface area (Å²) in [4.78, 5) is 22.6. The third kappa shape index (κ3) is 4.94. The quantitative estimate of drug-likeness (QED) is 0.840. The highest BCUT2D eigenvalue weighted by atomic mass is 32.2. The van der Waals surface area contributed by atoms with E-state index in [1.165, 1.54) is 11.8 Å². The number of carboxylic acid groups (broad SMARTS) is 1. The number of nitriles is 1. The second-order valence-corrected chi connectivity index (χ2v) is 6.37. The summed E-state index contributed by atoms with van der Waals surface area (Å²) in [6, 6.07) is 8.56. The summed E-state index contributed by atoms with van der Waals surface area (Å²) in [6.45, 7) is 3.22. The summed E-state index contributed by atoms with van der Waals surface area (Å²) in [6.07, 6.45) is 0.237. The van der Waals surface area contributed by atoms with Crippen molar-refractivity contribution < 1.29 is 14.7 Å². The second-order valence-electron chi connectivity index (χ2n) is 4.65. The average molecular weight is 292 g/mol. The lowest BCUT2D eigenvalue weighted by atomic mass is 10.2. The molecule has 0 bridgehead atoms. The maximum atomic E-state index is 11.7. The molecular formula is C14H16N2O3S. The van der Waals surface area contributed by atoms with Crippen molar-refractivity contribution in [2.75, 3.05) is 11.1 Å². The molecule has 1 rings (SSSR count). The monoisotopic (exact) mass is 292 g/mol. The predicted molar refractivity (Wildman–Crippen MR) is 78.6 cm³/mol. The van der Waals surface area contributed by atoms with Crippen LogP contribution in [0.2, 0.25) is 0 Å². The van der Waals surface area contributed by atoms with Gasteiger partial charge < -0.3 is 10.4 Å². The fraction of sp³-hybridized carbons (Fsp3) is 0.357. The van der Waals surface area contributed by atoms with Gasteiger partial charge in [-0.3, -0.25) is 9.59 Å². The highest BCUT2D eigenvalue weighted by Gasteiger charge is 2.27. The fourth-order valence-corrected chi connectivity index (χ4v) is 2.23. The Labute approximate surface area is 122 Å². The van der Waals surface area contributed by atoms with Gasteiger partial charge in [-0.25, -0.2) is 0 Å². The summed E-state index contributed by atoms with van der Waals surface area (Å²) in [7, 11) is 0. The van der Waals surface area contributed by atoms with Crippen LogP contribution >= 0.6 is 11.8 Å². The third-order valence-corrected chi connectivity index (χ3v) is 3.91. The van der Waals surface area contributed by atoms with E-state index in [0.717, 1.165) is 0 Å². The van der Waals surface area contributed by atoms with Crippen LogP contribution in [0.3, 0.4) is 0 Å². The van der Waals surface area contributed by atoms with Gasteiger partial charge in [-0.05, 0) is 38.1 Å². The molecule has 0 aliphatic heterocycles. The Bertz CT molecular complexity index is 532. The highest BCUT2D eigenvalue weighted by Crippen LogP contribution is 2.25. The first-order valence-electron chi connectivity index (χ1n) is 6.02. The second kappa shape index (κ2) is 6.96. The molecule has 0 saturated heterocycles. The van der Waals surface area contributed by atoms with Gasteiger partial charge in [-0.15, -0.1) is 11.8 Å². The Balaban J connectivity index is 2.41. The summed E-state index contributed by atoms with van der Waals surface area (Å²) < 4.78 is -0.894. The van der Waals surface area contributed by atoms with Crippen molar-refractivity contribution in [3.05, 3.63) is 29.8 Å². The Morgan fingerprint density at radius 3 is 2.45 bits per heavy atom. The van der Waals surface area contributed by atoms with Crippen molar-refractivity contribution in [3.8, 4) is 6.07 Å². The Morgan fingerprint density at radius 2 is 1.95 bits per heavy atom. The number of thioether (sulfide) groups is 1. The van der Waals surface area contributed by atoms with Crippen LogP contribution in [-0.2, 0) is 9.59 Å². The molecule has 1 aromatic rings. The summed E-state index contributed by atoms with van der Waals surface area (Å²) in [5.74, 6) is -0.639. The lowest BCUT2D eigenvalue weighted by molar-refractivity contribution is -0.138. The molecule has 106 valence electrons. The fourth-order valence-electron chi connectivity index (χ4n) is 1.31. The highest BCUT2D eigenvalue weighted by molar-refractivity contribution is 8.01. The van der Waals surface area contributed by atoms with E-state index in [4.69, 9.17) is 10.4 Å². The molecular weight excluding hydrogens is 276 g/mol. The smallest absolute Gasteiger partial charge is 0.319 e. The molecule has 2 N–H and O–H groups in total. The van der Waals surface area contributed by atoms with Crippen LogP contribution in [-0.4, -0.2) is 27.5 Å². The Kier molecular flexibility index (Phi) is 5.59. The van der Waals surface area contributed by atoms with Gasteiger partial charge in [0.05, 0.1) is 11.6 Å². The van der Waals surface area contributed by atoms with Crippen molar-refractivity contribution in [3.63, 3.8) is 0 Å². The number of rotatable bonds is 6. The molecule has 0 heterocycles. The molecule has 6 heteroatoms. The van der Waals surface area contributed by atoms with Gasteiger partial charge in [0, 0.05) is 17.9 Å². The van der Waals surface area contributed by atoms with E-state index in [1.54, 1.807) is 38.1 Å². The van der Waals surface area contributed by atoms with Crippen LogP contribution in [0, 0.1) is 11.3 Å². The van der Waals surface area contributed by atoms with Crippen molar-refractivity contribution in [1.82, 2.24) is 0 Å². The molecule has 0 spiro atoms. The molecule has 0 aliphatic carbocycles. The van der Waals surface area contributed by atoms with Crippen molar-refractivity contribution in [2.45, 2.75) is 25.0 Å². The van der Waals surface area contributed by atoms with E-state index >= 15 is 0 Å². The Hall–Kier alpha value is -2.00. The lowest BCUT2D eigenvalue weighted by Gasteiger charge is -2.17. The van der Waals surface area contributed by atoms with Gasteiger partial charge in [0.1, 0.15) is 4.75 Å². The molecule has 0 aliphatic rings. The molecule has 20 heavy (non-hydrogen) atoms. The van der Waals surface area contributed by atoms with Crippen LogP contribution in [0.1, 0.15) is 25.8 Å². The zero-order chi connectivity index (χ0) is 15.2. The molecule has 0 fully saturated rings. The van der Waals surface area contributed by atoms with Gasteiger partial charge in [0.15, 0.2) is 0 Å². The van der Waals surface area contributed by atoms with E-state index in [0.29, 0.717) is 17.0 Å². The first-order valence-corrected chi connectivity index (χ1v) is 7.01. The predicted octanol–water partition coefficient (Wildman–Crippen LogP) is 2.48.